The van der Waals surface area contributed by atoms with E-state index < -0.39 is 0 Å². The van der Waals surface area contributed by atoms with Gasteiger partial charge in [-0.05, 0) is 37.1 Å². The fourth-order valence-corrected chi connectivity index (χ4v) is 3.86. The first-order chi connectivity index (χ1) is 12.5. The summed E-state index contributed by atoms with van der Waals surface area (Å²) in [5, 5.41) is 0. The third-order valence-corrected chi connectivity index (χ3v) is 5.63. The van der Waals surface area contributed by atoms with Crippen LogP contribution in [0.2, 0.25) is 0 Å². The molecular weight excluding hydrogens is 333 g/mol. The highest BCUT2D eigenvalue weighted by atomic mass is 19.1. The van der Waals surface area contributed by atoms with Crippen molar-refractivity contribution in [2.45, 2.75) is 38.1 Å². The molecule has 26 heavy (non-hydrogen) atoms. The van der Waals surface area contributed by atoms with Crippen molar-refractivity contribution in [2.24, 2.45) is 0 Å². The molecule has 1 heterocycles. The van der Waals surface area contributed by atoms with E-state index in [0.717, 1.165) is 12.8 Å². The molecule has 142 valence electrons. The number of likely N-dealkylation sites (N-methyl/N-ethyl adjacent to an activating group) is 1. The van der Waals surface area contributed by atoms with Crippen LogP contribution in [-0.4, -0.2) is 72.3 Å². The Morgan fingerprint density at radius 3 is 2.27 bits per heavy atom. The SMILES string of the molecule is CN(C(=O)CN1CCN(C(=O)c2ccc(F)cc2)CC1)C1CCCCC1. The number of nitrogens with zero attached hydrogens (tertiary/aromatic N) is 3. The Balaban J connectivity index is 1.46. The Labute approximate surface area is 154 Å². The van der Waals surface area contributed by atoms with Gasteiger partial charge in [-0.25, -0.2) is 4.39 Å². The van der Waals surface area contributed by atoms with Gasteiger partial charge in [-0.15, -0.1) is 0 Å². The van der Waals surface area contributed by atoms with Gasteiger partial charge in [-0.1, -0.05) is 19.3 Å². The number of hydrogen-bond acceptors (Lipinski definition) is 3. The van der Waals surface area contributed by atoms with Gasteiger partial charge >= 0.3 is 0 Å². The van der Waals surface area contributed by atoms with Crippen molar-refractivity contribution in [3.8, 4) is 0 Å². The minimum Gasteiger partial charge on any atom is -0.342 e. The van der Waals surface area contributed by atoms with Gasteiger partial charge in [-0.3, -0.25) is 14.5 Å². The molecule has 0 N–H and O–H groups in total. The molecule has 0 unspecified atom stereocenters. The van der Waals surface area contributed by atoms with Crippen LogP contribution in [0.3, 0.4) is 0 Å². The van der Waals surface area contributed by atoms with Crippen LogP contribution in [0.25, 0.3) is 0 Å². The zero-order chi connectivity index (χ0) is 18.5. The Hall–Kier alpha value is -1.95. The van der Waals surface area contributed by atoms with Gasteiger partial charge in [0.05, 0.1) is 6.54 Å². The van der Waals surface area contributed by atoms with Crippen LogP contribution < -0.4 is 0 Å². The zero-order valence-electron chi connectivity index (χ0n) is 15.5. The highest BCUT2D eigenvalue weighted by molar-refractivity contribution is 5.94. The molecule has 0 bridgehead atoms. The Bertz CT molecular complexity index is 620. The molecule has 0 atom stereocenters. The predicted octanol–water partition coefficient (Wildman–Crippen LogP) is 2.37. The van der Waals surface area contributed by atoms with Crippen molar-refractivity contribution >= 4 is 11.8 Å². The van der Waals surface area contributed by atoms with Crippen LogP contribution in [-0.2, 0) is 4.79 Å². The van der Waals surface area contributed by atoms with Crippen LogP contribution in [0.15, 0.2) is 24.3 Å². The number of carbonyl (C=O) groups excluding carboxylic acids is 2. The van der Waals surface area contributed by atoms with Gasteiger partial charge in [0, 0.05) is 44.8 Å². The smallest absolute Gasteiger partial charge is 0.253 e. The lowest BCUT2D eigenvalue weighted by Crippen LogP contribution is -2.52. The molecule has 2 fully saturated rings. The van der Waals surface area contributed by atoms with E-state index in [0.29, 0.717) is 44.3 Å². The van der Waals surface area contributed by atoms with Crippen molar-refractivity contribution in [1.82, 2.24) is 14.7 Å². The van der Waals surface area contributed by atoms with Crippen molar-refractivity contribution in [2.75, 3.05) is 39.8 Å². The normalized spacial score (nSPS) is 19.4. The van der Waals surface area contributed by atoms with Crippen LogP contribution in [0, 0.1) is 5.82 Å². The molecular formula is C20H28FN3O2. The summed E-state index contributed by atoms with van der Waals surface area (Å²) in [6.45, 7) is 2.99. The van der Waals surface area contributed by atoms with Gasteiger partial charge in [0.1, 0.15) is 5.82 Å². The third kappa shape index (κ3) is 4.61. The highest BCUT2D eigenvalue weighted by Gasteiger charge is 2.26. The van der Waals surface area contributed by atoms with Crippen LogP contribution in [0.1, 0.15) is 42.5 Å². The van der Waals surface area contributed by atoms with Gasteiger partial charge in [-0.2, -0.15) is 0 Å². The molecule has 3 rings (SSSR count). The number of piperazine rings is 1. The molecule has 6 heteroatoms. The quantitative estimate of drug-likeness (QED) is 0.827. The Morgan fingerprint density at radius 1 is 1.04 bits per heavy atom. The average Bonchev–Trinajstić information content (AvgIpc) is 2.68. The minimum atomic E-state index is -0.341. The maximum atomic E-state index is 13.0. The molecule has 1 aliphatic carbocycles. The van der Waals surface area contributed by atoms with E-state index in [9.17, 15) is 14.0 Å². The molecule has 2 amide bonds. The lowest BCUT2D eigenvalue weighted by molar-refractivity contribution is -0.134. The number of halogens is 1. The van der Waals surface area contributed by atoms with E-state index >= 15 is 0 Å². The van der Waals surface area contributed by atoms with Crippen LogP contribution in [0.4, 0.5) is 4.39 Å². The monoisotopic (exact) mass is 361 g/mol. The highest BCUT2D eigenvalue weighted by Crippen LogP contribution is 2.21. The van der Waals surface area contributed by atoms with E-state index in [1.807, 2.05) is 11.9 Å². The maximum absolute atomic E-state index is 13.0. The number of carbonyl (C=O) groups is 2. The summed E-state index contributed by atoms with van der Waals surface area (Å²) < 4.78 is 13.0. The summed E-state index contributed by atoms with van der Waals surface area (Å²) in [7, 11) is 1.92. The van der Waals surface area contributed by atoms with Crippen LogP contribution in [0.5, 0.6) is 0 Å². The fourth-order valence-electron chi connectivity index (χ4n) is 3.86. The zero-order valence-corrected chi connectivity index (χ0v) is 15.5. The Kier molecular flexibility index (Phi) is 6.25. The first kappa shape index (κ1) is 18.8. The summed E-state index contributed by atoms with van der Waals surface area (Å²) in [5.41, 5.74) is 0.507. The molecule has 1 aromatic carbocycles. The van der Waals surface area contributed by atoms with Gasteiger partial charge in [0.25, 0.3) is 5.91 Å². The lowest BCUT2D eigenvalue weighted by Gasteiger charge is -2.37. The second-order valence-electron chi connectivity index (χ2n) is 7.37. The van der Waals surface area contributed by atoms with Crippen molar-refractivity contribution in [1.29, 1.82) is 0 Å². The standard InChI is InChI=1S/C20H28FN3O2/c1-22(18-5-3-2-4-6-18)19(25)15-23-11-13-24(14-12-23)20(26)16-7-9-17(21)10-8-16/h7-10,18H,2-6,11-15H2,1H3. The van der Waals surface area contributed by atoms with E-state index in [1.54, 1.807) is 4.90 Å². The lowest BCUT2D eigenvalue weighted by atomic mass is 9.94. The molecule has 1 aliphatic heterocycles. The molecule has 0 aromatic heterocycles. The second kappa shape index (κ2) is 8.62. The summed E-state index contributed by atoms with van der Waals surface area (Å²) in [6.07, 6.45) is 5.94. The van der Waals surface area contributed by atoms with E-state index in [-0.39, 0.29) is 17.6 Å². The largest absolute Gasteiger partial charge is 0.342 e. The van der Waals surface area contributed by atoms with Crippen molar-refractivity contribution in [3.05, 3.63) is 35.6 Å². The summed E-state index contributed by atoms with van der Waals surface area (Å²) in [6, 6.07) is 6.05. The summed E-state index contributed by atoms with van der Waals surface area (Å²) in [4.78, 5) is 30.8. The number of benzene rings is 1. The van der Waals surface area contributed by atoms with Gasteiger partial charge < -0.3 is 9.80 Å². The van der Waals surface area contributed by atoms with Gasteiger partial charge in [0.2, 0.25) is 5.91 Å². The van der Waals surface area contributed by atoms with Crippen molar-refractivity contribution in [3.63, 3.8) is 0 Å². The number of rotatable bonds is 4. The number of amides is 2. The first-order valence-corrected chi connectivity index (χ1v) is 9.57. The fraction of sp³-hybridized carbons (Fsp3) is 0.600. The molecule has 1 saturated heterocycles. The molecule has 1 saturated carbocycles. The summed E-state index contributed by atoms with van der Waals surface area (Å²) in [5.74, 6) is -0.238. The Morgan fingerprint density at radius 2 is 1.65 bits per heavy atom. The van der Waals surface area contributed by atoms with E-state index in [2.05, 4.69) is 4.90 Å². The van der Waals surface area contributed by atoms with Crippen LogP contribution >= 0.6 is 0 Å². The molecule has 1 aromatic rings. The minimum absolute atomic E-state index is 0.0738. The molecule has 0 spiro atoms. The second-order valence-corrected chi connectivity index (χ2v) is 7.37. The predicted molar refractivity (Wildman–Crippen MR) is 98.4 cm³/mol. The van der Waals surface area contributed by atoms with Gasteiger partial charge in [0.15, 0.2) is 0 Å². The maximum Gasteiger partial charge on any atom is 0.253 e. The molecule has 0 radical (unpaired) electrons. The average molecular weight is 361 g/mol. The van der Waals surface area contributed by atoms with E-state index in [1.165, 1.54) is 43.5 Å². The molecule has 5 nitrogen and oxygen atoms in total. The van der Waals surface area contributed by atoms with E-state index in [4.69, 9.17) is 0 Å². The summed E-state index contributed by atoms with van der Waals surface area (Å²) >= 11 is 0. The topological polar surface area (TPSA) is 43.9 Å². The molecule has 2 aliphatic rings. The first-order valence-electron chi connectivity index (χ1n) is 9.57. The number of hydrogen-bond donors (Lipinski definition) is 0. The third-order valence-electron chi connectivity index (χ3n) is 5.63. The van der Waals surface area contributed by atoms with Crippen molar-refractivity contribution < 1.29 is 14.0 Å².